The first-order valence-corrected chi connectivity index (χ1v) is 7.55. The van der Waals surface area contributed by atoms with Crippen molar-refractivity contribution in [3.8, 4) is 5.75 Å². The fourth-order valence-corrected chi connectivity index (χ4v) is 3.35. The molecule has 0 spiro atoms. The second-order valence-electron chi connectivity index (χ2n) is 4.46. The summed E-state index contributed by atoms with van der Waals surface area (Å²) in [6.07, 6.45) is 0. The lowest BCUT2D eigenvalue weighted by atomic mass is 10.1. The molecule has 102 valence electrons. The molecule has 0 amide bonds. The minimum atomic E-state index is 0.521. The summed E-state index contributed by atoms with van der Waals surface area (Å²) in [6, 6.07) is 15.9. The van der Waals surface area contributed by atoms with Gasteiger partial charge in [0.2, 0.25) is 0 Å². The zero-order chi connectivity index (χ0) is 13.9. The predicted octanol–water partition coefficient (Wildman–Crippen LogP) is 4.59. The molecular weight excluding hydrogens is 290 g/mol. The van der Waals surface area contributed by atoms with E-state index in [-0.39, 0.29) is 0 Å². The molecule has 3 rings (SSSR count). The Labute approximate surface area is 126 Å². The minimum Gasteiger partial charge on any atom is -0.487 e. The molecule has 2 N–H and O–H groups in total. The lowest BCUT2D eigenvalue weighted by molar-refractivity contribution is 0.310. The van der Waals surface area contributed by atoms with E-state index in [4.69, 9.17) is 22.1 Å². The zero-order valence-electron chi connectivity index (χ0n) is 10.8. The molecule has 0 atom stereocenters. The summed E-state index contributed by atoms with van der Waals surface area (Å²) in [5.41, 5.74) is 6.94. The van der Waals surface area contributed by atoms with E-state index >= 15 is 0 Å². The van der Waals surface area contributed by atoms with E-state index in [1.54, 1.807) is 11.3 Å². The summed E-state index contributed by atoms with van der Waals surface area (Å²) in [5.74, 6) is 0.714. The zero-order valence-corrected chi connectivity index (χ0v) is 12.4. The van der Waals surface area contributed by atoms with Gasteiger partial charge in [-0.3, -0.25) is 0 Å². The summed E-state index contributed by atoms with van der Waals surface area (Å²) < 4.78 is 7.01. The van der Waals surface area contributed by atoms with Crippen molar-refractivity contribution in [3.05, 3.63) is 64.0 Å². The van der Waals surface area contributed by atoms with Gasteiger partial charge in [0, 0.05) is 16.1 Å². The summed E-state index contributed by atoms with van der Waals surface area (Å²) in [5, 5.41) is 1.86. The van der Waals surface area contributed by atoms with Gasteiger partial charge in [0.1, 0.15) is 12.4 Å². The topological polar surface area (TPSA) is 35.2 Å². The first-order chi connectivity index (χ1) is 9.78. The Balaban J connectivity index is 1.83. The molecule has 0 unspecified atom stereocenters. The van der Waals surface area contributed by atoms with Gasteiger partial charge >= 0.3 is 0 Å². The molecule has 0 bridgehead atoms. The Hall–Kier alpha value is -1.55. The summed E-state index contributed by atoms with van der Waals surface area (Å²) in [7, 11) is 0. The van der Waals surface area contributed by atoms with Crippen molar-refractivity contribution >= 4 is 33.0 Å². The molecule has 2 nitrogen and oxygen atoms in total. The van der Waals surface area contributed by atoms with Gasteiger partial charge in [-0.25, -0.2) is 0 Å². The maximum absolute atomic E-state index is 6.08. The molecule has 4 heteroatoms. The van der Waals surface area contributed by atoms with Crippen LogP contribution in [-0.2, 0) is 13.2 Å². The number of hydrogen-bond acceptors (Lipinski definition) is 3. The molecule has 0 radical (unpaired) electrons. The van der Waals surface area contributed by atoms with E-state index in [1.165, 1.54) is 20.5 Å². The summed E-state index contributed by atoms with van der Waals surface area (Å²) in [6.45, 7) is 1.08. The van der Waals surface area contributed by atoms with Crippen LogP contribution in [0, 0.1) is 0 Å². The molecular formula is C16H14ClNOS. The second-order valence-corrected chi connectivity index (χ2v) is 6.04. The van der Waals surface area contributed by atoms with Gasteiger partial charge in [-0.15, -0.1) is 11.3 Å². The number of benzene rings is 2. The number of ether oxygens (including phenoxy) is 1. The third-order valence-corrected chi connectivity index (χ3v) is 4.52. The van der Waals surface area contributed by atoms with E-state index in [0.717, 1.165) is 0 Å². The predicted molar refractivity (Wildman–Crippen MR) is 85.5 cm³/mol. The Morgan fingerprint density at radius 1 is 1.10 bits per heavy atom. The third-order valence-electron chi connectivity index (χ3n) is 3.13. The van der Waals surface area contributed by atoms with Gasteiger partial charge in [0.05, 0.1) is 5.02 Å². The van der Waals surface area contributed by atoms with Gasteiger partial charge in [-0.05, 0) is 35.2 Å². The highest BCUT2D eigenvalue weighted by Crippen LogP contribution is 2.30. The Morgan fingerprint density at radius 2 is 1.95 bits per heavy atom. The number of halogens is 1. The molecule has 0 aliphatic heterocycles. The molecule has 0 aliphatic carbocycles. The second kappa shape index (κ2) is 5.83. The average molecular weight is 304 g/mol. The van der Waals surface area contributed by atoms with E-state index in [0.29, 0.717) is 23.9 Å². The molecule has 0 saturated carbocycles. The van der Waals surface area contributed by atoms with E-state index < -0.39 is 0 Å². The van der Waals surface area contributed by atoms with Gasteiger partial charge in [0.15, 0.2) is 0 Å². The standard InChI is InChI=1S/C16H14ClNOS/c17-14-5-1-2-6-15(14)19-10-12-8-13-11(9-18)4-3-7-16(13)20-12/h1-8H,9-10,18H2. The van der Waals surface area contributed by atoms with Crippen molar-refractivity contribution in [3.63, 3.8) is 0 Å². The molecule has 1 heterocycles. The minimum absolute atomic E-state index is 0.521. The van der Waals surface area contributed by atoms with Crippen LogP contribution in [0.3, 0.4) is 0 Å². The fraction of sp³-hybridized carbons (Fsp3) is 0.125. The number of fused-ring (bicyclic) bond motifs is 1. The Bertz CT molecular complexity index is 738. The van der Waals surface area contributed by atoms with Crippen LogP contribution >= 0.6 is 22.9 Å². The van der Waals surface area contributed by atoms with Crippen molar-refractivity contribution in [2.45, 2.75) is 13.2 Å². The van der Waals surface area contributed by atoms with Crippen LogP contribution in [-0.4, -0.2) is 0 Å². The van der Waals surface area contributed by atoms with Gasteiger partial charge < -0.3 is 10.5 Å². The number of thiophene rings is 1. The quantitative estimate of drug-likeness (QED) is 0.765. The highest BCUT2D eigenvalue weighted by atomic mass is 35.5. The maximum Gasteiger partial charge on any atom is 0.138 e. The van der Waals surface area contributed by atoms with Gasteiger partial charge in [-0.2, -0.15) is 0 Å². The van der Waals surface area contributed by atoms with Crippen molar-refractivity contribution in [1.29, 1.82) is 0 Å². The number of para-hydroxylation sites is 1. The van der Waals surface area contributed by atoms with Crippen LogP contribution in [0.2, 0.25) is 5.02 Å². The van der Waals surface area contributed by atoms with Crippen molar-refractivity contribution < 1.29 is 4.74 Å². The van der Waals surface area contributed by atoms with Crippen molar-refractivity contribution in [1.82, 2.24) is 0 Å². The first kappa shape index (κ1) is 13.4. The lowest BCUT2D eigenvalue weighted by Gasteiger charge is -2.05. The normalized spacial score (nSPS) is 10.9. The van der Waals surface area contributed by atoms with Crippen LogP contribution in [0.1, 0.15) is 10.4 Å². The van der Waals surface area contributed by atoms with Crippen LogP contribution in [0.5, 0.6) is 5.75 Å². The fourth-order valence-electron chi connectivity index (χ4n) is 2.13. The molecule has 1 aromatic heterocycles. The number of nitrogens with two attached hydrogens (primary N) is 1. The number of rotatable bonds is 4. The van der Waals surface area contributed by atoms with Crippen molar-refractivity contribution in [2.24, 2.45) is 5.73 Å². The van der Waals surface area contributed by atoms with Crippen LogP contribution in [0.4, 0.5) is 0 Å². The largest absolute Gasteiger partial charge is 0.487 e. The Morgan fingerprint density at radius 3 is 2.75 bits per heavy atom. The van der Waals surface area contributed by atoms with E-state index in [9.17, 15) is 0 Å². The molecule has 0 aliphatic rings. The smallest absolute Gasteiger partial charge is 0.138 e. The highest BCUT2D eigenvalue weighted by Gasteiger charge is 2.07. The Kier molecular flexibility index (Phi) is 3.92. The van der Waals surface area contributed by atoms with Crippen LogP contribution in [0.25, 0.3) is 10.1 Å². The van der Waals surface area contributed by atoms with Crippen LogP contribution in [0.15, 0.2) is 48.5 Å². The monoisotopic (exact) mass is 303 g/mol. The van der Waals surface area contributed by atoms with Crippen molar-refractivity contribution in [2.75, 3.05) is 0 Å². The maximum atomic E-state index is 6.08. The summed E-state index contributed by atoms with van der Waals surface area (Å²) in [4.78, 5) is 1.17. The summed E-state index contributed by atoms with van der Waals surface area (Å²) >= 11 is 7.81. The molecule has 0 saturated heterocycles. The lowest BCUT2D eigenvalue weighted by Crippen LogP contribution is -1.96. The molecule has 20 heavy (non-hydrogen) atoms. The number of hydrogen-bond donors (Lipinski definition) is 1. The first-order valence-electron chi connectivity index (χ1n) is 6.35. The SMILES string of the molecule is NCc1cccc2sc(COc3ccccc3Cl)cc12. The molecule has 3 aromatic rings. The average Bonchev–Trinajstić information content (AvgIpc) is 2.89. The molecule has 0 fully saturated rings. The third kappa shape index (κ3) is 2.66. The molecule has 2 aromatic carbocycles. The van der Waals surface area contributed by atoms with E-state index in [1.807, 2.05) is 30.3 Å². The van der Waals surface area contributed by atoms with E-state index in [2.05, 4.69) is 18.2 Å². The van der Waals surface area contributed by atoms with Crippen LogP contribution < -0.4 is 10.5 Å². The van der Waals surface area contributed by atoms with Gasteiger partial charge in [0.25, 0.3) is 0 Å². The van der Waals surface area contributed by atoms with Gasteiger partial charge in [-0.1, -0.05) is 35.9 Å². The highest BCUT2D eigenvalue weighted by molar-refractivity contribution is 7.19.